The van der Waals surface area contributed by atoms with Gasteiger partial charge >= 0.3 is 0 Å². The smallest absolute Gasteiger partial charge is 0.227 e. The maximum absolute atomic E-state index is 12.4. The molecule has 1 aliphatic heterocycles. The average molecular weight is 253 g/mol. The van der Waals surface area contributed by atoms with E-state index in [-0.39, 0.29) is 23.4 Å². The van der Waals surface area contributed by atoms with E-state index in [2.05, 4.69) is 17.1 Å². The van der Waals surface area contributed by atoms with E-state index in [1.807, 2.05) is 6.92 Å². The summed E-state index contributed by atoms with van der Waals surface area (Å²) in [6, 6.07) is 0.247. The fraction of sp³-hybridized carbons (Fsp3) is 0.929. The Morgan fingerprint density at radius 1 is 1.44 bits per heavy atom. The topological polar surface area (TPSA) is 58.4 Å². The number of carbonyl (C=O) groups excluding carboxylic acids is 1. The molecule has 3 N–H and O–H groups in total. The molecule has 18 heavy (non-hydrogen) atoms. The number of carbonyl (C=O) groups is 1. The third kappa shape index (κ3) is 2.86. The molecule has 1 saturated heterocycles. The molecule has 0 aromatic carbocycles. The highest BCUT2D eigenvalue weighted by atomic mass is 16.2. The Balaban J connectivity index is 1.82. The van der Waals surface area contributed by atoms with Crippen molar-refractivity contribution in [3.05, 3.63) is 0 Å². The first-order valence-electron chi connectivity index (χ1n) is 7.31. The van der Waals surface area contributed by atoms with Gasteiger partial charge in [0.25, 0.3) is 0 Å². The first-order valence-corrected chi connectivity index (χ1v) is 7.31. The van der Waals surface area contributed by atoms with Gasteiger partial charge in [-0.15, -0.1) is 0 Å². The maximum atomic E-state index is 12.4. The number of nitrogens with two attached hydrogens (primary N) is 1. The summed E-state index contributed by atoms with van der Waals surface area (Å²) in [7, 11) is 0. The Labute approximate surface area is 110 Å². The molecule has 0 aromatic rings. The number of hydrogen-bond acceptors (Lipinski definition) is 3. The molecule has 104 valence electrons. The molecule has 1 aliphatic carbocycles. The van der Waals surface area contributed by atoms with E-state index in [1.54, 1.807) is 0 Å². The largest absolute Gasteiger partial charge is 0.352 e. The second kappa shape index (κ2) is 5.57. The van der Waals surface area contributed by atoms with Crippen LogP contribution in [0.15, 0.2) is 0 Å². The molecule has 1 heterocycles. The molecule has 1 amide bonds. The van der Waals surface area contributed by atoms with Gasteiger partial charge in [0.1, 0.15) is 0 Å². The van der Waals surface area contributed by atoms with E-state index in [9.17, 15) is 4.79 Å². The Hall–Kier alpha value is -0.610. The summed E-state index contributed by atoms with van der Waals surface area (Å²) in [6.07, 6.45) is 5.57. The molecule has 0 spiro atoms. The standard InChI is InChI=1S/C14H27N3O/c1-11(10-17-8-3-4-9-17)16-13(18)14(2)7-5-6-12(14)15/h11-12H,3-10,15H2,1-2H3,(H,16,18). The predicted octanol–water partition coefficient (Wildman–Crippen LogP) is 1.10. The molecular formula is C14H27N3O. The molecule has 3 unspecified atom stereocenters. The van der Waals surface area contributed by atoms with Gasteiger partial charge in [0.2, 0.25) is 5.91 Å². The van der Waals surface area contributed by atoms with Crippen LogP contribution in [0.1, 0.15) is 46.0 Å². The van der Waals surface area contributed by atoms with Crippen LogP contribution in [-0.2, 0) is 4.79 Å². The molecule has 2 fully saturated rings. The van der Waals surface area contributed by atoms with Crippen molar-refractivity contribution in [3.63, 3.8) is 0 Å². The van der Waals surface area contributed by atoms with Crippen LogP contribution >= 0.6 is 0 Å². The lowest BCUT2D eigenvalue weighted by Crippen LogP contribution is -2.51. The van der Waals surface area contributed by atoms with Gasteiger partial charge in [-0.05, 0) is 52.6 Å². The Kier molecular flexibility index (Phi) is 4.28. The zero-order chi connectivity index (χ0) is 13.2. The molecule has 0 bridgehead atoms. The lowest BCUT2D eigenvalue weighted by Gasteiger charge is -2.30. The second-order valence-electron chi connectivity index (χ2n) is 6.30. The van der Waals surface area contributed by atoms with Gasteiger partial charge in [-0.25, -0.2) is 0 Å². The second-order valence-corrected chi connectivity index (χ2v) is 6.30. The first kappa shape index (κ1) is 13.8. The highest BCUT2D eigenvalue weighted by molar-refractivity contribution is 5.83. The lowest BCUT2D eigenvalue weighted by atomic mass is 9.84. The van der Waals surface area contributed by atoms with Gasteiger partial charge in [0, 0.05) is 18.6 Å². The summed E-state index contributed by atoms with van der Waals surface area (Å²) in [5.74, 6) is 0.152. The van der Waals surface area contributed by atoms with Crippen molar-refractivity contribution >= 4 is 5.91 Å². The predicted molar refractivity (Wildman–Crippen MR) is 73.2 cm³/mol. The average Bonchev–Trinajstić information content (AvgIpc) is 2.91. The van der Waals surface area contributed by atoms with Crippen LogP contribution in [0, 0.1) is 5.41 Å². The van der Waals surface area contributed by atoms with E-state index < -0.39 is 0 Å². The van der Waals surface area contributed by atoms with Gasteiger partial charge in [-0.3, -0.25) is 4.79 Å². The molecule has 4 nitrogen and oxygen atoms in total. The Morgan fingerprint density at radius 2 is 2.11 bits per heavy atom. The van der Waals surface area contributed by atoms with Gasteiger partial charge in [-0.2, -0.15) is 0 Å². The van der Waals surface area contributed by atoms with Crippen LogP contribution in [0.4, 0.5) is 0 Å². The van der Waals surface area contributed by atoms with Crippen LogP contribution in [0.5, 0.6) is 0 Å². The number of rotatable bonds is 4. The Bertz CT molecular complexity index is 301. The van der Waals surface area contributed by atoms with E-state index in [1.165, 1.54) is 25.9 Å². The summed E-state index contributed by atoms with van der Waals surface area (Å²) in [4.78, 5) is 14.8. The SMILES string of the molecule is CC(CN1CCCC1)NC(=O)C1(C)CCCC1N. The molecule has 2 aliphatic rings. The van der Waals surface area contributed by atoms with Crippen molar-refractivity contribution in [2.45, 2.75) is 58.0 Å². The zero-order valence-corrected chi connectivity index (χ0v) is 11.7. The number of nitrogens with one attached hydrogen (secondary N) is 1. The van der Waals surface area contributed by atoms with Crippen LogP contribution < -0.4 is 11.1 Å². The van der Waals surface area contributed by atoms with Crippen molar-refractivity contribution < 1.29 is 4.79 Å². The maximum Gasteiger partial charge on any atom is 0.227 e. The molecule has 0 radical (unpaired) electrons. The molecule has 3 atom stereocenters. The van der Waals surface area contributed by atoms with Crippen LogP contribution in [-0.4, -0.2) is 42.5 Å². The fourth-order valence-electron chi connectivity index (χ4n) is 3.26. The van der Waals surface area contributed by atoms with Crippen molar-refractivity contribution in [2.75, 3.05) is 19.6 Å². The third-order valence-corrected chi connectivity index (χ3v) is 4.66. The molecule has 1 saturated carbocycles. The van der Waals surface area contributed by atoms with Crippen LogP contribution in [0.2, 0.25) is 0 Å². The van der Waals surface area contributed by atoms with E-state index in [4.69, 9.17) is 5.73 Å². The lowest BCUT2D eigenvalue weighted by molar-refractivity contribution is -0.131. The normalized spacial score (nSPS) is 34.7. The van der Waals surface area contributed by atoms with E-state index in [0.717, 1.165) is 25.8 Å². The summed E-state index contributed by atoms with van der Waals surface area (Å²) < 4.78 is 0. The highest BCUT2D eigenvalue weighted by Crippen LogP contribution is 2.36. The minimum Gasteiger partial charge on any atom is -0.352 e. The van der Waals surface area contributed by atoms with Crippen molar-refractivity contribution in [2.24, 2.45) is 11.1 Å². The highest BCUT2D eigenvalue weighted by Gasteiger charge is 2.43. The Morgan fingerprint density at radius 3 is 2.67 bits per heavy atom. The number of amides is 1. The summed E-state index contributed by atoms with van der Waals surface area (Å²) in [6.45, 7) is 7.44. The third-order valence-electron chi connectivity index (χ3n) is 4.66. The van der Waals surface area contributed by atoms with Crippen LogP contribution in [0.25, 0.3) is 0 Å². The van der Waals surface area contributed by atoms with Crippen molar-refractivity contribution in [3.8, 4) is 0 Å². The van der Waals surface area contributed by atoms with Gasteiger partial charge in [0.15, 0.2) is 0 Å². The van der Waals surface area contributed by atoms with Crippen molar-refractivity contribution in [1.82, 2.24) is 10.2 Å². The summed E-state index contributed by atoms with van der Waals surface area (Å²) in [5, 5.41) is 3.16. The summed E-state index contributed by atoms with van der Waals surface area (Å²) in [5.41, 5.74) is 5.73. The zero-order valence-electron chi connectivity index (χ0n) is 11.7. The summed E-state index contributed by atoms with van der Waals surface area (Å²) >= 11 is 0. The van der Waals surface area contributed by atoms with E-state index in [0.29, 0.717) is 0 Å². The molecule has 0 aromatic heterocycles. The molecular weight excluding hydrogens is 226 g/mol. The minimum absolute atomic E-state index is 0.0245. The number of likely N-dealkylation sites (tertiary alicyclic amines) is 1. The number of hydrogen-bond donors (Lipinski definition) is 2. The quantitative estimate of drug-likeness (QED) is 0.789. The molecule has 2 rings (SSSR count). The van der Waals surface area contributed by atoms with Crippen LogP contribution in [0.3, 0.4) is 0 Å². The van der Waals surface area contributed by atoms with Gasteiger partial charge < -0.3 is 16.0 Å². The van der Waals surface area contributed by atoms with E-state index >= 15 is 0 Å². The first-order chi connectivity index (χ1) is 8.52. The van der Waals surface area contributed by atoms with Gasteiger partial charge in [0.05, 0.1) is 5.41 Å². The van der Waals surface area contributed by atoms with Gasteiger partial charge in [-0.1, -0.05) is 6.42 Å². The number of nitrogens with zero attached hydrogens (tertiary/aromatic N) is 1. The minimum atomic E-state index is -0.348. The molecule has 4 heteroatoms. The fourth-order valence-corrected chi connectivity index (χ4v) is 3.26. The monoisotopic (exact) mass is 253 g/mol. The van der Waals surface area contributed by atoms with Crippen molar-refractivity contribution in [1.29, 1.82) is 0 Å².